The Morgan fingerprint density at radius 2 is 1.79 bits per heavy atom. The van der Waals surface area contributed by atoms with Gasteiger partial charge in [0.15, 0.2) is 5.69 Å². The summed E-state index contributed by atoms with van der Waals surface area (Å²) in [6, 6.07) is 9.69. The van der Waals surface area contributed by atoms with E-state index in [0.717, 1.165) is 31.6 Å². The van der Waals surface area contributed by atoms with E-state index in [-0.39, 0.29) is 36.4 Å². The summed E-state index contributed by atoms with van der Waals surface area (Å²) in [7, 11) is 0. The zero-order valence-electron chi connectivity index (χ0n) is 20.5. The van der Waals surface area contributed by atoms with Crippen molar-refractivity contribution in [1.29, 1.82) is 0 Å². The largest absolute Gasteiger partial charge is 0.355 e. The van der Waals surface area contributed by atoms with Gasteiger partial charge in [0.05, 0.1) is 0 Å². The quantitative estimate of drug-likeness (QED) is 0.524. The van der Waals surface area contributed by atoms with Gasteiger partial charge in [-0.25, -0.2) is 0 Å². The molecule has 0 saturated heterocycles. The number of nitrogens with zero attached hydrogens (tertiary/aromatic N) is 4. The van der Waals surface area contributed by atoms with Crippen molar-refractivity contribution in [2.45, 2.75) is 46.7 Å². The molecule has 34 heavy (non-hydrogen) atoms. The smallest absolute Gasteiger partial charge is 0.272 e. The van der Waals surface area contributed by atoms with Crippen molar-refractivity contribution in [3.8, 4) is 0 Å². The van der Waals surface area contributed by atoms with Gasteiger partial charge in [-0.3, -0.25) is 19.1 Å². The Labute approximate surface area is 201 Å². The van der Waals surface area contributed by atoms with Gasteiger partial charge in [-0.2, -0.15) is 5.10 Å². The highest BCUT2D eigenvalue weighted by atomic mass is 16.2. The molecule has 1 aromatic carbocycles. The molecule has 0 bridgehead atoms. The number of amides is 3. The van der Waals surface area contributed by atoms with E-state index in [1.54, 1.807) is 15.6 Å². The van der Waals surface area contributed by atoms with Crippen LogP contribution in [0.3, 0.4) is 0 Å². The standard InChI is InChI=1S/C25H36N6O3/c1-4-29(5-2)16-13-26-23(32)11-12-27-24(33)21-17-22-25(34)30(14-6-15-31(22)28-21)18-20-9-7-19(3)8-10-20/h7-10,17H,4-6,11-16,18H2,1-3H3,(H,26,32)(H,27,33). The van der Waals surface area contributed by atoms with Crippen LogP contribution in [0.2, 0.25) is 0 Å². The highest BCUT2D eigenvalue weighted by molar-refractivity contribution is 5.98. The van der Waals surface area contributed by atoms with Crippen LogP contribution < -0.4 is 10.6 Å². The molecule has 2 aromatic rings. The first-order valence-corrected chi connectivity index (χ1v) is 12.1. The van der Waals surface area contributed by atoms with Gasteiger partial charge < -0.3 is 20.4 Å². The van der Waals surface area contributed by atoms with Crippen LogP contribution in [0.25, 0.3) is 0 Å². The predicted molar refractivity (Wildman–Crippen MR) is 131 cm³/mol. The number of benzene rings is 1. The molecule has 0 spiro atoms. The summed E-state index contributed by atoms with van der Waals surface area (Å²) in [5.41, 5.74) is 2.86. The van der Waals surface area contributed by atoms with Crippen molar-refractivity contribution in [1.82, 2.24) is 30.2 Å². The number of fused-ring (bicyclic) bond motifs is 1. The number of likely N-dealkylation sites (N-methyl/N-ethyl adjacent to an activating group) is 1. The minimum atomic E-state index is -0.380. The SMILES string of the molecule is CCN(CC)CCNC(=O)CCNC(=O)c1cc2n(n1)CCCN(Cc1ccc(C)cc1)C2=O. The molecule has 0 atom stereocenters. The molecule has 184 valence electrons. The number of nitrogens with one attached hydrogen (secondary N) is 2. The highest BCUT2D eigenvalue weighted by Gasteiger charge is 2.26. The molecule has 3 amide bonds. The third-order valence-electron chi connectivity index (χ3n) is 6.09. The van der Waals surface area contributed by atoms with Gasteiger partial charge in [0.25, 0.3) is 11.8 Å². The van der Waals surface area contributed by atoms with Gasteiger partial charge in [0.2, 0.25) is 5.91 Å². The normalized spacial score (nSPS) is 13.5. The van der Waals surface area contributed by atoms with E-state index in [1.807, 2.05) is 31.2 Å². The summed E-state index contributed by atoms with van der Waals surface area (Å²) in [6.45, 7) is 11.5. The molecule has 9 heteroatoms. The molecule has 0 saturated carbocycles. The summed E-state index contributed by atoms with van der Waals surface area (Å²) < 4.78 is 1.62. The molecule has 1 aliphatic rings. The molecule has 0 fully saturated rings. The van der Waals surface area contributed by atoms with Crippen molar-refractivity contribution in [2.24, 2.45) is 0 Å². The van der Waals surface area contributed by atoms with Crippen LogP contribution >= 0.6 is 0 Å². The third-order valence-corrected chi connectivity index (χ3v) is 6.09. The summed E-state index contributed by atoms with van der Waals surface area (Å²) in [6.07, 6.45) is 0.960. The second-order valence-electron chi connectivity index (χ2n) is 8.59. The Hall–Kier alpha value is -3.20. The molecule has 0 aliphatic carbocycles. The maximum absolute atomic E-state index is 13.1. The summed E-state index contributed by atoms with van der Waals surface area (Å²) in [4.78, 5) is 41.7. The third kappa shape index (κ3) is 6.90. The van der Waals surface area contributed by atoms with Crippen molar-refractivity contribution < 1.29 is 14.4 Å². The summed E-state index contributed by atoms with van der Waals surface area (Å²) >= 11 is 0. The maximum Gasteiger partial charge on any atom is 0.272 e. The second kappa shape index (κ2) is 12.3. The fourth-order valence-electron chi connectivity index (χ4n) is 3.97. The van der Waals surface area contributed by atoms with E-state index in [1.165, 1.54) is 5.56 Å². The lowest BCUT2D eigenvalue weighted by Crippen LogP contribution is -2.36. The Balaban J connectivity index is 1.51. The molecule has 0 unspecified atom stereocenters. The van der Waals surface area contributed by atoms with Crippen LogP contribution in [-0.2, 0) is 17.9 Å². The van der Waals surface area contributed by atoms with Crippen molar-refractivity contribution >= 4 is 17.7 Å². The van der Waals surface area contributed by atoms with Crippen LogP contribution in [0, 0.1) is 6.92 Å². The number of aryl methyl sites for hydroxylation is 2. The lowest BCUT2D eigenvalue weighted by Gasteiger charge is -2.20. The lowest BCUT2D eigenvalue weighted by molar-refractivity contribution is -0.121. The maximum atomic E-state index is 13.1. The van der Waals surface area contributed by atoms with Crippen molar-refractivity contribution in [2.75, 3.05) is 39.3 Å². The lowest BCUT2D eigenvalue weighted by atomic mass is 10.1. The van der Waals surface area contributed by atoms with Crippen LogP contribution in [0.1, 0.15) is 58.8 Å². The van der Waals surface area contributed by atoms with Gasteiger partial charge in [-0.1, -0.05) is 43.7 Å². The Kier molecular flexibility index (Phi) is 9.21. The summed E-state index contributed by atoms with van der Waals surface area (Å²) in [5, 5.41) is 9.96. The van der Waals surface area contributed by atoms with Crippen LogP contribution in [0.4, 0.5) is 0 Å². The minimum absolute atomic E-state index is 0.102. The van der Waals surface area contributed by atoms with E-state index >= 15 is 0 Å². The Morgan fingerprint density at radius 1 is 1.06 bits per heavy atom. The molecule has 0 radical (unpaired) electrons. The van der Waals surface area contributed by atoms with Crippen molar-refractivity contribution in [3.63, 3.8) is 0 Å². The van der Waals surface area contributed by atoms with Gasteiger partial charge in [0.1, 0.15) is 5.69 Å². The van der Waals surface area contributed by atoms with E-state index in [4.69, 9.17) is 0 Å². The van der Waals surface area contributed by atoms with Crippen LogP contribution in [0.15, 0.2) is 30.3 Å². The first-order valence-electron chi connectivity index (χ1n) is 12.1. The highest BCUT2D eigenvalue weighted by Crippen LogP contribution is 2.17. The molecule has 9 nitrogen and oxygen atoms in total. The fourth-order valence-corrected chi connectivity index (χ4v) is 3.97. The van der Waals surface area contributed by atoms with Crippen molar-refractivity contribution in [3.05, 3.63) is 52.8 Å². The van der Waals surface area contributed by atoms with Crippen LogP contribution in [-0.4, -0.2) is 76.6 Å². The Morgan fingerprint density at radius 3 is 2.50 bits per heavy atom. The average Bonchev–Trinajstić information content (AvgIpc) is 3.20. The molecule has 2 heterocycles. The zero-order chi connectivity index (χ0) is 24.5. The second-order valence-corrected chi connectivity index (χ2v) is 8.59. The first kappa shape index (κ1) is 25.4. The predicted octanol–water partition coefficient (Wildman–Crippen LogP) is 1.82. The van der Waals surface area contributed by atoms with Crippen LogP contribution in [0.5, 0.6) is 0 Å². The number of hydrogen-bond donors (Lipinski definition) is 2. The van der Waals surface area contributed by atoms with E-state index < -0.39 is 0 Å². The fraction of sp³-hybridized carbons (Fsp3) is 0.520. The Bertz CT molecular complexity index is 981. The monoisotopic (exact) mass is 468 g/mol. The molecule has 3 rings (SSSR count). The number of carbonyl (C=O) groups excluding carboxylic acids is 3. The number of rotatable bonds is 11. The number of carbonyl (C=O) groups is 3. The summed E-state index contributed by atoms with van der Waals surface area (Å²) in [5.74, 6) is -0.610. The first-order chi connectivity index (χ1) is 16.4. The topological polar surface area (TPSA) is 99.6 Å². The minimum Gasteiger partial charge on any atom is -0.355 e. The average molecular weight is 469 g/mol. The number of aromatic nitrogens is 2. The van der Waals surface area contributed by atoms with Gasteiger partial charge in [0, 0.05) is 51.8 Å². The van der Waals surface area contributed by atoms with E-state index in [9.17, 15) is 14.4 Å². The number of hydrogen-bond acceptors (Lipinski definition) is 5. The van der Waals surface area contributed by atoms with Gasteiger partial charge in [-0.05, 0) is 32.0 Å². The van der Waals surface area contributed by atoms with E-state index in [0.29, 0.717) is 31.9 Å². The van der Waals surface area contributed by atoms with Gasteiger partial charge in [-0.15, -0.1) is 0 Å². The molecular formula is C25H36N6O3. The molecule has 1 aromatic heterocycles. The van der Waals surface area contributed by atoms with E-state index in [2.05, 4.69) is 34.5 Å². The molecule has 2 N–H and O–H groups in total. The molecule has 1 aliphatic heterocycles. The molecular weight excluding hydrogens is 432 g/mol. The van der Waals surface area contributed by atoms with Gasteiger partial charge >= 0.3 is 0 Å². The zero-order valence-corrected chi connectivity index (χ0v) is 20.5.